The summed E-state index contributed by atoms with van der Waals surface area (Å²) in [7, 11) is -4.78. The van der Waals surface area contributed by atoms with Crippen LogP contribution in [0.1, 0.15) is 73.6 Å². The molecule has 1 aromatic carbocycles. The van der Waals surface area contributed by atoms with E-state index in [0.29, 0.717) is 0 Å². The number of aromatic nitrogens is 3. The summed E-state index contributed by atoms with van der Waals surface area (Å²) in [4.78, 5) is 41.9. The van der Waals surface area contributed by atoms with Crippen molar-refractivity contribution in [2.45, 2.75) is 85.5 Å². The van der Waals surface area contributed by atoms with Crippen LogP contribution in [-0.2, 0) is 48.4 Å². The first-order valence-electron chi connectivity index (χ1n) is 16.7. The van der Waals surface area contributed by atoms with E-state index >= 15 is 0 Å². The highest BCUT2D eigenvalue weighted by atomic mass is 31.2. The quantitative estimate of drug-likeness (QED) is 0.0981. The Bertz CT molecular complexity index is 1930. The smallest absolute Gasteiger partial charge is 0.481 e. The molecule has 1 aliphatic rings. The highest BCUT2D eigenvalue weighted by molar-refractivity contribution is 7.48. The number of benzene rings is 1. The highest BCUT2D eigenvalue weighted by Crippen LogP contribution is 2.61. The lowest BCUT2D eigenvalue weighted by Gasteiger charge is -2.42. The molecule has 0 spiro atoms. The number of nitrogen functional groups attached to an aromatic ring is 1. The molecule has 1 aliphatic heterocycles. The predicted octanol–water partition coefficient (Wildman–Crippen LogP) is 5.92. The third-order valence-electron chi connectivity index (χ3n) is 9.33. The Morgan fingerprint density at radius 3 is 2.19 bits per heavy atom. The van der Waals surface area contributed by atoms with Crippen LogP contribution in [0.25, 0.3) is 5.52 Å². The zero-order chi connectivity index (χ0) is 39.7. The Balaban J connectivity index is 1.82. The van der Waals surface area contributed by atoms with Gasteiger partial charge in [-0.25, -0.2) is 23.4 Å². The number of rotatable bonds is 14. The second-order valence-electron chi connectivity index (χ2n) is 15.1. The molecule has 1 unspecified atom stereocenters. The molecule has 0 radical (unpaired) electrons. The number of hydrogen-bond donors (Lipinski definition) is 3. The van der Waals surface area contributed by atoms with E-state index in [2.05, 4.69) is 16.2 Å². The van der Waals surface area contributed by atoms with Crippen molar-refractivity contribution < 1.29 is 56.9 Å². The van der Waals surface area contributed by atoms with Crippen molar-refractivity contribution in [3.63, 3.8) is 0 Å². The number of carbonyl (C=O) groups excluding carboxylic acids is 1. The maximum Gasteiger partial charge on any atom is 0.533 e. The first-order chi connectivity index (χ1) is 24.5. The van der Waals surface area contributed by atoms with Gasteiger partial charge in [-0.2, -0.15) is 10.4 Å². The molecular formula is C35H46N5O12P. The van der Waals surface area contributed by atoms with Crippen LogP contribution in [0.3, 0.4) is 0 Å². The van der Waals surface area contributed by atoms with Gasteiger partial charge >= 0.3 is 25.9 Å². The number of fused-ring (bicyclic) bond motifs is 1. The van der Waals surface area contributed by atoms with Gasteiger partial charge in [0.25, 0.3) is 0 Å². The number of carbonyl (C=O) groups is 3. The van der Waals surface area contributed by atoms with Gasteiger partial charge in [0.05, 0.1) is 35.3 Å². The molecular weight excluding hydrogens is 713 g/mol. The number of carboxylic acids is 2. The van der Waals surface area contributed by atoms with Crippen LogP contribution < -0.4 is 10.3 Å². The van der Waals surface area contributed by atoms with Gasteiger partial charge in [-0.05, 0) is 76.8 Å². The number of ether oxygens (including phenoxy) is 3. The van der Waals surface area contributed by atoms with Crippen LogP contribution >= 0.6 is 7.82 Å². The maximum absolute atomic E-state index is 14.3. The van der Waals surface area contributed by atoms with E-state index in [4.69, 9.17) is 33.5 Å². The van der Waals surface area contributed by atoms with E-state index in [1.54, 1.807) is 26.0 Å². The molecule has 0 amide bonds. The summed E-state index contributed by atoms with van der Waals surface area (Å²) in [6, 6.07) is 11.7. The number of carboxylic acid groups (broad SMARTS) is 2. The summed E-state index contributed by atoms with van der Waals surface area (Å²) in [5, 5.41) is 36.3. The number of nitriles is 1. The zero-order valence-electron chi connectivity index (χ0n) is 31.1. The summed E-state index contributed by atoms with van der Waals surface area (Å²) in [6.45, 7) is 13.0. The molecule has 53 heavy (non-hydrogen) atoms. The molecule has 1 fully saturated rings. The number of nitrogens with zero attached hydrogens (tertiary/aromatic N) is 4. The van der Waals surface area contributed by atoms with E-state index in [1.165, 1.54) is 56.5 Å². The van der Waals surface area contributed by atoms with Crippen molar-refractivity contribution in [1.29, 1.82) is 5.26 Å². The molecule has 18 heteroatoms. The molecule has 0 aliphatic carbocycles. The summed E-state index contributed by atoms with van der Waals surface area (Å²) >= 11 is 0. The van der Waals surface area contributed by atoms with Crippen molar-refractivity contribution in [3.8, 4) is 11.8 Å². The Morgan fingerprint density at radius 2 is 1.64 bits per heavy atom. The van der Waals surface area contributed by atoms with E-state index in [0.717, 1.165) is 11.9 Å². The highest BCUT2D eigenvalue weighted by Gasteiger charge is 2.68. The monoisotopic (exact) mass is 759 g/mol. The van der Waals surface area contributed by atoms with Crippen LogP contribution in [0.5, 0.6) is 5.75 Å². The number of nitrogens with two attached hydrogens (primary N) is 1. The lowest BCUT2D eigenvalue weighted by Crippen LogP contribution is -2.51. The molecule has 4 rings (SSSR count). The molecule has 1 saturated heterocycles. The predicted molar refractivity (Wildman–Crippen MR) is 187 cm³/mol. The fourth-order valence-electron chi connectivity index (χ4n) is 6.48. The van der Waals surface area contributed by atoms with Crippen LogP contribution in [0.15, 0.2) is 42.7 Å². The van der Waals surface area contributed by atoms with E-state index in [9.17, 15) is 34.4 Å². The minimum atomic E-state index is -4.78. The minimum absolute atomic E-state index is 0.0452. The molecule has 0 saturated carbocycles. The van der Waals surface area contributed by atoms with Gasteiger partial charge in [0.15, 0.2) is 5.82 Å². The van der Waals surface area contributed by atoms with E-state index in [1.807, 2.05) is 20.8 Å². The second-order valence-corrected chi connectivity index (χ2v) is 16.7. The van der Waals surface area contributed by atoms with Crippen molar-refractivity contribution in [1.82, 2.24) is 14.6 Å². The zero-order valence-corrected chi connectivity index (χ0v) is 31.9. The molecule has 2 aromatic heterocycles. The van der Waals surface area contributed by atoms with Gasteiger partial charge in [0, 0.05) is 11.8 Å². The van der Waals surface area contributed by atoms with Gasteiger partial charge in [-0.1, -0.05) is 32.9 Å². The maximum atomic E-state index is 14.3. The van der Waals surface area contributed by atoms with Gasteiger partial charge in [0.2, 0.25) is 12.4 Å². The van der Waals surface area contributed by atoms with Crippen LogP contribution in [0.2, 0.25) is 0 Å². The molecule has 0 bridgehead atoms. The molecule has 5 atom stereocenters. The Morgan fingerprint density at radius 1 is 1.02 bits per heavy atom. The van der Waals surface area contributed by atoms with E-state index in [-0.39, 0.29) is 28.2 Å². The van der Waals surface area contributed by atoms with Crippen molar-refractivity contribution in [3.05, 3.63) is 54.0 Å². The van der Waals surface area contributed by atoms with Gasteiger partial charge in [0.1, 0.15) is 23.7 Å². The number of phosphoric ester groups is 1. The average molecular weight is 760 g/mol. The van der Waals surface area contributed by atoms with Crippen LogP contribution in [0, 0.1) is 34.0 Å². The van der Waals surface area contributed by atoms with Gasteiger partial charge < -0.3 is 34.7 Å². The largest absolute Gasteiger partial charge is 0.533 e. The van der Waals surface area contributed by atoms with Crippen LogP contribution in [0.4, 0.5) is 10.6 Å². The molecule has 288 valence electrons. The number of hydrogen-bond acceptors (Lipinski definition) is 14. The number of phosphoric acid groups is 1. The topological polar surface area (TPSA) is 244 Å². The molecule has 17 nitrogen and oxygen atoms in total. The van der Waals surface area contributed by atoms with Crippen LogP contribution in [-0.4, -0.2) is 68.5 Å². The van der Waals surface area contributed by atoms with E-state index < -0.39 is 79.8 Å². The lowest BCUT2D eigenvalue weighted by atomic mass is 9.57. The molecule has 3 aromatic rings. The fourth-order valence-corrected chi connectivity index (χ4v) is 7.55. The SMILES string of the molecule is CC(C)OC(=O)OCOP(=O)(OC[C@@H]1O[C@@](C#N)(c2ccc3c(N)ncnn23)[C@@H](C(C)(C)C(=O)O)[C@@H]1C(C)(C)C(=O)O)Oc1ccc(C(C)(C)C)cc1. The fraction of sp³-hybridized carbons (Fsp3) is 0.543. The number of aliphatic carboxylic acids is 2. The Hall–Kier alpha value is -4.75. The average Bonchev–Trinajstić information content (AvgIpc) is 3.65. The summed E-state index contributed by atoms with van der Waals surface area (Å²) in [5.41, 5.74) is 1.29. The summed E-state index contributed by atoms with van der Waals surface area (Å²) < 4.78 is 48.9. The second kappa shape index (κ2) is 14.9. The Labute approximate surface area is 306 Å². The molecule has 4 N–H and O–H groups in total. The molecule has 3 heterocycles. The third kappa shape index (κ3) is 8.26. The normalized spacial score (nSPS) is 21.9. The first-order valence-corrected chi connectivity index (χ1v) is 18.1. The standard InChI is InChI=1S/C35H46N5O12P/c1-20(2)50-31(45)47-19-49-53(46,52-22-12-10-21(11-13-22)32(3,4)5)48-16-24-26(33(6,7)29(41)42)27(34(8,9)30(43)44)35(17-36,51-24)25-15-14-23-28(37)38-18-39-40(23)25/h10-15,18,20,24,26-27H,16,19H2,1-9H3,(H,41,42)(H,43,44)(H2,37,38,39)/t24-,26+,27+,35-,53?/m0/s1. The van der Waals surface area contributed by atoms with Crippen molar-refractivity contribution in [2.75, 3.05) is 19.1 Å². The first kappa shape index (κ1) is 41.0. The summed E-state index contributed by atoms with van der Waals surface area (Å²) in [6.07, 6.45) is -1.95. The summed E-state index contributed by atoms with van der Waals surface area (Å²) in [5.74, 6) is -5.31. The number of anilines is 1. The Kier molecular flexibility index (Phi) is 11.6. The van der Waals surface area contributed by atoms with Gasteiger partial charge in [-0.3, -0.25) is 14.1 Å². The van der Waals surface area contributed by atoms with Gasteiger partial charge in [-0.15, -0.1) is 0 Å². The van der Waals surface area contributed by atoms with Crippen molar-refractivity contribution in [2.24, 2.45) is 22.7 Å². The third-order valence-corrected chi connectivity index (χ3v) is 10.7. The van der Waals surface area contributed by atoms with Crippen molar-refractivity contribution >= 4 is 37.3 Å². The minimum Gasteiger partial charge on any atom is -0.481 e. The lowest BCUT2D eigenvalue weighted by molar-refractivity contribution is -0.161.